The van der Waals surface area contributed by atoms with Crippen molar-refractivity contribution in [3.05, 3.63) is 29.6 Å². The molecule has 0 unspecified atom stereocenters. The highest BCUT2D eigenvalue weighted by atomic mass is 19.1. The maximum atomic E-state index is 13.0. The van der Waals surface area contributed by atoms with Gasteiger partial charge in [0.25, 0.3) is 0 Å². The summed E-state index contributed by atoms with van der Waals surface area (Å²) in [5, 5.41) is 8.42. The van der Waals surface area contributed by atoms with Crippen molar-refractivity contribution in [2.75, 3.05) is 7.11 Å². The third-order valence-corrected chi connectivity index (χ3v) is 2.04. The van der Waals surface area contributed by atoms with E-state index in [0.717, 1.165) is 6.07 Å². The minimum Gasteiger partial charge on any atom is -0.494 e. The highest BCUT2D eigenvalue weighted by Gasteiger charge is 2.11. The molecule has 0 fully saturated rings. The topological polar surface area (TPSA) is 63.6 Å². The summed E-state index contributed by atoms with van der Waals surface area (Å²) in [4.78, 5) is 21.8. The molecule has 0 aliphatic rings. The highest BCUT2D eigenvalue weighted by Crippen LogP contribution is 2.19. The molecule has 5 heteroatoms. The summed E-state index contributed by atoms with van der Waals surface area (Å²) in [5.74, 6) is -1.97. The van der Waals surface area contributed by atoms with Gasteiger partial charge in [0.05, 0.1) is 13.5 Å². The molecule has 86 valence electrons. The molecule has 0 aliphatic heterocycles. The fraction of sp³-hybridized carbons (Fsp3) is 0.273. The average Bonchev–Trinajstić information content (AvgIpc) is 2.26. The molecule has 0 spiro atoms. The van der Waals surface area contributed by atoms with Crippen LogP contribution >= 0.6 is 0 Å². The third kappa shape index (κ3) is 3.05. The predicted molar refractivity (Wildman–Crippen MR) is 54.2 cm³/mol. The molecule has 1 rings (SSSR count). The summed E-state index contributed by atoms with van der Waals surface area (Å²) in [6.45, 7) is 0. The Morgan fingerprint density at radius 1 is 1.38 bits per heavy atom. The lowest BCUT2D eigenvalue weighted by atomic mass is 10.1. The Morgan fingerprint density at radius 2 is 2.06 bits per heavy atom. The minimum absolute atomic E-state index is 0.0267. The SMILES string of the molecule is COc1cc(C(=O)CCC(=O)O)ccc1F. The molecule has 4 nitrogen and oxygen atoms in total. The number of carboxylic acids is 1. The van der Waals surface area contributed by atoms with Gasteiger partial charge in [-0.3, -0.25) is 9.59 Å². The monoisotopic (exact) mass is 226 g/mol. The average molecular weight is 226 g/mol. The second-order valence-electron chi connectivity index (χ2n) is 3.17. The van der Waals surface area contributed by atoms with E-state index in [1.807, 2.05) is 0 Å². The van der Waals surface area contributed by atoms with Gasteiger partial charge >= 0.3 is 5.97 Å². The lowest BCUT2D eigenvalue weighted by Gasteiger charge is -2.04. The number of carbonyl (C=O) groups is 2. The van der Waals surface area contributed by atoms with Gasteiger partial charge in [0.15, 0.2) is 17.3 Å². The van der Waals surface area contributed by atoms with Crippen LogP contribution in [0, 0.1) is 5.82 Å². The predicted octanol–water partition coefficient (Wildman–Crippen LogP) is 1.88. The van der Waals surface area contributed by atoms with Crippen molar-refractivity contribution < 1.29 is 23.8 Å². The lowest BCUT2D eigenvalue weighted by molar-refractivity contribution is -0.136. The van der Waals surface area contributed by atoms with Gasteiger partial charge in [0.1, 0.15) is 0 Å². The number of carboxylic acid groups (broad SMARTS) is 1. The first-order valence-electron chi connectivity index (χ1n) is 4.63. The number of carbonyl (C=O) groups excluding carboxylic acids is 1. The van der Waals surface area contributed by atoms with Crippen LogP contribution in [0.15, 0.2) is 18.2 Å². The van der Waals surface area contributed by atoms with Crippen LogP contribution in [0.4, 0.5) is 4.39 Å². The van der Waals surface area contributed by atoms with Crippen molar-refractivity contribution in [2.24, 2.45) is 0 Å². The second kappa shape index (κ2) is 5.25. The van der Waals surface area contributed by atoms with Gasteiger partial charge in [-0.05, 0) is 18.2 Å². The van der Waals surface area contributed by atoms with E-state index in [1.165, 1.54) is 19.2 Å². The van der Waals surface area contributed by atoms with Crippen LogP contribution in [0.3, 0.4) is 0 Å². The zero-order valence-electron chi connectivity index (χ0n) is 8.70. The van der Waals surface area contributed by atoms with Gasteiger partial charge in [-0.15, -0.1) is 0 Å². The van der Waals surface area contributed by atoms with Gasteiger partial charge in [-0.1, -0.05) is 0 Å². The molecular weight excluding hydrogens is 215 g/mol. The Balaban J connectivity index is 2.80. The van der Waals surface area contributed by atoms with Gasteiger partial charge < -0.3 is 9.84 Å². The van der Waals surface area contributed by atoms with E-state index in [0.29, 0.717) is 0 Å². The summed E-state index contributed by atoms with van der Waals surface area (Å²) in [6, 6.07) is 3.69. The molecule has 0 aromatic heterocycles. The van der Waals surface area contributed by atoms with E-state index < -0.39 is 11.8 Å². The number of ketones is 1. The number of rotatable bonds is 5. The Hall–Kier alpha value is -1.91. The fourth-order valence-corrected chi connectivity index (χ4v) is 1.20. The fourth-order valence-electron chi connectivity index (χ4n) is 1.20. The van der Waals surface area contributed by atoms with Crippen LogP contribution < -0.4 is 4.74 Å². The molecule has 0 heterocycles. The molecule has 0 amide bonds. The van der Waals surface area contributed by atoms with Crippen molar-refractivity contribution in [3.63, 3.8) is 0 Å². The van der Waals surface area contributed by atoms with Gasteiger partial charge in [0, 0.05) is 12.0 Å². The van der Waals surface area contributed by atoms with Crippen molar-refractivity contribution in [1.82, 2.24) is 0 Å². The Labute approximate surface area is 91.7 Å². The number of aliphatic carboxylic acids is 1. The van der Waals surface area contributed by atoms with Crippen molar-refractivity contribution in [3.8, 4) is 5.75 Å². The highest BCUT2D eigenvalue weighted by molar-refractivity contribution is 5.97. The molecule has 0 saturated carbocycles. The number of methoxy groups -OCH3 is 1. The van der Waals surface area contributed by atoms with Crippen LogP contribution in [0.2, 0.25) is 0 Å². The summed E-state index contributed by atoms with van der Waals surface area (Å²) in [7, 11) is 1.30. The van der Waals surface area contributed by atoms with E-state index >= 15 is 0 Å². The Bertz CT molecular complexity index is 414. The maximum Gasteiger partial charge on any atom is 0.303 e. The van der Waals surface area contributed by atoms with Crippen LogP contribution in [0.25, 0.3) is 0 Å². The molecule has 16 heavy (non-hydrogen) atoms. The summed E-state index contributed by atoms with van der Waals surface area (Å²) >= 11 is 0. The van der Waals surface area contributed by atoms with E-state index in [9.17, 15) is 14.0 Å². The normalized spacial score (nSPS) is 9.88. The van der Waals surface area contributed by atoms with Crippen molar-refractivity contribution >= 4 is 11.8 Å². The molecule has 0 aliphatic carbocycles. The first-order valence-corrected chi connectivity index (χ1v) is 4.63. The summed E-state index contributed by atoms with van der Waals surface area (Å²) in [5.41, 5.74) is 0.250. The minimum atomic E-state index is -1.04. The number of hydrogen-bond donors (Lipinski definition) is 1. The number of ether oxygens (including phenoxy) is 1. The summed E-state index contributed by atoms with van der Waals surface area (Å²) < 4.78 is 17.7. The van der Waals surface area contributed by atoms with Crippen molar-refractivity contribution in [2.45, 2.75) is 12.8 Å². The van der Waals surface area contributed by atoms with Crippen LogP contribution in [0.5, 0.6) is 5.75 Å². The van der Waals surface area contributed by atoms with E-state index in [1.54, 1.807) is 0 Å². The van der Waals surface area contributed by atoms with Crippen molar-refractivity contribution in [1.29, 1.82) is 0 Å². The zero-order chi connectivity index (χ0) is 12.1. The molecule has 1 N–H and O–H groups in total. The van der Waals surface area contributed by atoms with E-state index in [4.69, 9.17) is 9.84 Å². The molecule has 1 aromatic carbocycles. The number of hydrogen-bond acceptors (Lipinski definition) is 3. The lowest BCUT2D eigenvalue weighted by Crippen LogP contribution is -2.04. The number of benzene rings is 1. The standard InChI is InChI=1S/C11H11FO4/c1-16-10-6-7(2-3-8(10)12)9(13)4-5-11(14)15/h2-3,6H,4-5H2,1H3,(H,14,15). The molecule has 0 radical (unpaired) electrons. The zero-order valence-corrected chi connectivity index (χ0v) is 8.70. The van der Waals surface area contributed by atoms with E-state index in [-0.39, 0.29) is 29.9 Å². The smallest absolute Gasteiger partial charge is 0.303 e. The molecule has 0 bridgehead atoms. The van der Waals surface area contributed by atoms with Gasteiger partial charge in [-0.25, -0.2) is 4.39 Å². The first-order chi connectivity index (χ1) is 7.54. The van der Waals surface area contributed by atoms with E-state index in [2.05, 4.69) is 0 Å². The van der Waals surface area contributed by atoms with Crippen LogP contribution in [-0.4, -0.2) is 24.0 Å². The quantitative estimate of drug-likeness (QED) is 0.778. The Morgan fingerprint density at radius 3 is 2.62 bits per heavy atom. The number of halogens is 1. The molecule has 0 atom stereocenters. The first kappa shape index (κ1) is 12.2. The molecule has 0 saturated heterocycles. The molecule has 1 aromatic rings. The third-order valence-electron chi connectivity index (χ3n) is 2.04. The summed E-state index contributed by atoms with van der Waals surface area (Å²) in [6.07, 6.45) is -0.345. The second-order valence-corrected chi connectivity index (χ2v) is 3.17. The van der Waals surface area contributed by atoms with Crippen LogP contribution in [0.1, 0.15) is 23.2 Å². The largest absolute Gasteiger partial charge is 0.494 e. The molecular formula is C11H11FO4. The Kier molecular flexibility index (Phi) is 3.99. The maximum absolute atomic E-state index is 13.0. The number of Topliss-reactive ketones (excluding diaryl/α,β-unsaturated/α-hetero) is 1. The van der Waals surface area contributed by atoms with Gasteiger partial charge in [0.2, 0.25) is 0 Å². The van der Waals surface area contributed by atoms with Gasteiger partial charge in [-0.2, -0.15) is 0 Å². The van der Waals surface area contributed by atoms with Crippen LogP contribution in [-0.2, 0) is 4.79 Å².